The fourth-order valence-corrected chi connectivity index (χ4v) is 1.61. The normalized spacial score (nSPS) is 10.7. The minimum Gasteiger partial charge on any atom is -0.508 e. The van der Waals surface area contributed by atoms with E-state index in [2.05, 4.69) is 15.5 Å². The smallest absolute Gasteiger partial charge is 0.223 e. The van der Waals surface area contributed by atoms with Gasteiger partial charge in [0.1, 0.15) is 5.75 Å². The third-order valence-corrected chi connectivity index (χ3v) is 2.44. The van der Waals surface area contributed by atoms with Gasteiger partial charge < -0.3 is 14.9 Å². The second kappa shape index (κ2) is 5.16. The Kier molecular flexibility index (Phi) is 3.61. The van der Waals surface area contributed by atoms with Gasteiger partial charge in [-0.15, -0.1) is 0 Å². The molecular formula is C11H12ClN3O2. The summed E-state index contributed by atoms with van der Waals surface area (Å²) >= 11 is 5.84. The van der Waals surface area contributed by atoms with Crippen LogP contribution < -0.4 is 5.32 Å². The molecule has 0 aliphatic heterocycles. The van der Waals surface area contributed by atoms with Crippen LogP contribution in [0.2, 0.25) is 5.02 Å². The van der Waals surface area contributed by atoms with Crippen LogP contribution >= 0.6 is 11.6 Å². The van der Waals surface area contributed by atoms with E-state index in [1.54, 1.807) is 25.1 Å². The molecule has 0 aliphatic rings. The number of phenolic OH excluding ortho intramolecular Hbond substituents is 1. The van der Waals surface area contributed by atoms with E-state index in [1.807, 2.05) is 0 Å². The Morgan fingerprint density at radius 3 is 2.94 bits per heavy atom. The van der Waals surface area contributed by atoms with Crippen molar-refractivity contribution in [3.8, 4) is 5.75 Å². The van der Waals surface area contributed by atoms with Gasteiger partial charge in [0.05, 0.1) is 6.54 Å². The van der Waals surface area contributed by atoms with Gasteiger partial charge in [-0.2, -0.15) is 4.98 Å². The average Bonchev–Trinajstić information content (AvgIpc) is 2.69. The lowest BCUT2D eigenvalue weighted by atomic mass is 10.2. The Morgan fingerprint density at radius 1 is 1.41 bits per heavy atom. The van der Waals surface area contributed by atoms with Crippen LogP contribution in [0.25, 0.3) is 0 Å². The number of nitrogens with one attached hydrogen (secondary N) is 1. The molecule has 0 amide bonds. The van der Waals surface area contributed by atoms with E-state index >= 15 is 0 Å². The summed E-state index contributed by atoms with van der Waals surface area (Å²) in [4.78, 5) is 4.05. The van der Waals surface area contributed by atoms with Crippen molar-refractivity contribution in [1.82, 2.24) is 15.5 Å². The monoisotopic (exact) mass is 253 g/mol. The van der Waals surface area contributed by atoms with Crippen LogP contribution in [0.5, 0.6) is 5.75 Å². The van der Waals surface area contributed by atoms with Crippen molar-refractivity contribution in [3.63, 3.8) is 0 Å². The molecule has 0 saturated heterocycles. The Morgan fingerprint density at radius 2 is 2.24 bits per heavy atom. The van der Waals surface area contributed by atoms with Crippen LogP contribution in [0.4, 0.5) is 0 Å². The largest absolute Gasteiger partial charge is 0.508 e. The molecule has 0 saturated carbocycles. The van der Waals surface area contributed by atoms with Gasteiger partial charge >= 0.3 is 0 Å². The Labute approximate surface area is 103 Å². The molecule has 2 rings (SSSR count). The van der Waals surface area contributed by atoms with Crippen LogP contribution in [0.15, 0.2) is 22.7 Å². The molecule has 2 N–H and O–H groups in total. The van der Waals surface area contributed by atoms with E-state index in [1.165, 1.54) is 0 Å². The van der Waals surface area contributed by atoms with Gasteiger partial charge in [0.15, 0.2) is 5.82 Å². The van der Waals surface area contributed by atoms with Crippen LogP contribution in [0.3, 0.4) is 0 Å². The fourth-order valence-electron chi connectivity index (χ4n) is 1.42. The highest BCUT2D eigenvalue weighted by molar-refractivity contribution is 6.30. The molecule has 0 aliphatic carbocycles. The van der Waals surface area contributed by atoms with Crippen molar-refractivity contribution in [3.05, 3.63) is 40.5 Å². The van der Waals surface area contributed by atoms with Crippen molar-refractivity contribution >= 4 is 11.6 Å². The number of aromatic hydroxyl groups is 1. The molecule has 90 valence electrons. The molecule has 0 spiro atoms. The predicted molar refractivity (Wildman–Crippen MR) is 62.7 cm³/mol. The van der Waals surface area contributed by atoms with E-state index in [9.17, 15) is 5.11 Å². The molecule has 0 unspecified atom stereocenters. The third kappa shape index (κ3) is 3.18. The molecule has 17 heavy (non-hydrogen) atoms. The summed E-state index contributed by atoms with van der Waals surface area (Å²) in [5.41, 5.74) is 0.734. The topological polar surface area (TPSA) is 71.2 Å². The lowest BCUT2D eigenvalue weighted by Crippen LogP contribution is -2.13. The lowest BCUT2D eigenvalue weighted by Gasteiger charge is -2.05. The van der Waals surface area contributed by atoms with Crippen LogP contribution in [-0.4, -0.2) is 15.2 Å². The van der Waals surface area contributed by atoms with Gasteiger partial charge in [-0.25, -0.2) is 0 Å². The molecule has 0 atom stereocenters. The first-order valence-electron chi connectivity index (χ1n) is 5.12. The molecule has 2 aromatic rings. The third-order valence-electron chi connectivity index (χ3n) is 2.21. The average molecular weight is 254 g/mol. The highest BCUT2D eigenvalue weighted by Crippen LogP contribution is 2.21. The predicted octanol–water partition coefficient (Wildman–Crippen LogP) is 2.03. The van der Waals surface area contributed by atoms with Crippen molar-refractivity contribution < 1.29 is 9.63 Å². The Hall–Kier alpha value is -1.59. The molecule has 1 heterocycles. The van der Waals surface area contributed by atoms with Crippen molar-refractivity contribution in [1.29, 1.82) is 0 Å². The minimum atomic E-state index is 0.214. The Balaban J connectivity index is 1.91. The van der Waals surface area contributed by atoms with Crippen molar-refractivity contribution in [2.24, 2.45) is 0 Å². The highest BCUT2D eigenvalue weighted by atomic mass is 35.5. The second-order valence-electron chi connectivity index (χ2n) is 3.61. The number of halogens is 1. The maximum Gasteiger partial charge on any atom is 0.223 e. The molecule has 0 bridgehead atoms. The first kappa shape index (κ1) is 11.9. The standard InChI is InChI=1S/C11H12ClN3O2/c1-7-14-11(15-17-7)6-13-5-8-4-9(12)2-3-10(8)16/h2-4,13,16H,5-6H2,1H3. The lowest BCUT2D eigenvalue weighted by molar-refractivity contribution is 0.385. The maximum absolute atomic E-state index is 9.59. The van der Waals surface area contributed by atoms with Gasteiger partial charge in [-0.3, -0.25) is 0 Å². The molecular weight excluding hydrogens is 242 g/mol. The zero-order chi connectivity index (χ0) is 12.3. The highest BCUT2D eigenvalue weighted by Gasteiger charge is 2.04. The second-order valence-corrected chi connectivity index (χ2v) is 4.04. The zero-order valence-corrected chi connectivity index (χ0v) is 10.0. The van der Waals surface area contributed by atoms with Gasteiger partial charge in [-0.1, -0.05) is 16.8 Å². The SMILES string of the molecule is Cc1nc(CNCc2cc(Cl)ccc2O)no1. The summed E-state index contributed by atoms with van der Waals surface area (Å²) in [7, 11) is 0. The number of aromatic nitrogens is 2. The molecule has 1 aromatic carbocycles. The van der Waals surface area contributed by atoms with Gasteiger partial charge in [0.2, 0.25) is 5.89 Å². The van der Waals surface area contributed by atoms with Crippen LogP contribution in [-0.2, 0) is 13.1 Å². The van der Waals surface area contributed by atoms with Gasteiger partial charge in [0, 0.05) is 24.1 Å². The van der Waals surface area contributed by atoms with Gasteiger partial charge in [0.25, 0.3) is 0 Å². The van der Waals surface area contributed by atoms with Crippen LogP contribution in [0, 0.1) is 6.92 Å². The fraction of sp³-hybridized carbons (Fsp3) is 0.273. The summed E-state index contributed by atoms with van der Waals surface area (Å²) in [5, 5.41) is 17.0. The molecule has 1 aromatic heterocycles. The van der Waals surface area contributed by atoms with Crippen molar-refractivity contribution in [2.45, 2.75) is 20.0 Å². The number of phenols is 1. The summed E-state index contributed by atoms with van der Waals surface area (Å²) in [6.45, 7) is 2.70. The first-order chi connectivity index (χ1) is 8.15. The molecule has 0 radical (unpaired) electrons. The van der Waals surface area contributed by atoms with Crippen molar-refractivity contribution in [2.75, 3.05) is 0 Å². The van der Waals surface area contributed by atoms with Crippen LogP contribution in [0.1, 0.15) is 17.3 Å². The molecule has 6 heteroatoms. The van der Waals surface area contributed by atoms with E-state index in [4.69, 9.17) is 16.1 Å². The summed E-state index contributed by atoms with van der Waals surface area (Å²) in [6.07, 6.45) is 0. The maximum atomic E-state index is 9.59. The quantitative estimate of drug-likeness (QED) is 0.872. The summed E-state index contributed by atoms with van der Waals surface area (Å²) < 4.78 is 4.84. The van der Waals surface area contributed by atoms with E-state index < -0.39 is 0 Å². The summed E-state index contributed by atoms with van der Waals surface area (Å²) in [5.74, 6) is 1.34. The molecule has 0 fully saturated rings. The number of aryl methyl sites for hydroxylation is 1. The minimum absolute atomic E-state index is 0.214. The van der Waals surface area contributed by atoms with E-state index in [-0.39, 0.29) is 5.75 Å². The first-order valence-corrected chi connectivity index (χ1v) is 5.50. The van der Waals surface area contributed by atoms with E-state index in [0.717, 1.165) is 5.56 Å². The number of rotatable bonds is 4. The molecule has 5 nitrogen and oxygen atoms in total. The number of hydrogen-bond acceptors (Lipinski definition) is 5. The summed E-state index contributed by atoms with van der Waals surface area (Å²) in [6, 6.07) is 4.92. The number of nitrogens with zero attached hydrogens (tertiary/aromatic N) is 2. The number of hydrogen-bond donors (Lipinski definition) is 2. The van der Waals surface area contributed by atoms with E-state index in [0.29, 0.717) is 29.8 Å². The number of benzene rings is 1. The zero-order valence-electron chi connectivity index (χ0n) is 9.27. The Bertz CT molecular complexity index is 513. The van der Waals surface area contributed by atoms with Gasteiger partial charge in [-0.05, 0) is 18.2 Å².